The number of aromatic nitrogens is 5. The normalized spacial score (nSPS) is 9.67. The molecule has 15 heavy (non-hydrogen) atoms. The maximum absolute atomic E-state index is 4.15. The Morgan fingerprint density at radius 2 is 2.07 bits per heavy atom. The Kier molecular flexibility index (Phi) is 4.14. The predicted molar refractivity (Wildman–Crippen MR) is 57.0 cm³/mol. The Morgan fingerprint density at radius 1 is 1.33 bits per heavy atom. The van der Waals surface area contributed by atoms with Gasteiger partial charge in [0.05, 0.1) is 0 Å². The summed E-state index contributed by atoms with van der Waals surface area (Å²) >= 11 is 0. The molecule has 0 saturated heterocycles. The van der Waals surface area contributed by atoms with Gasteiger partial charge in [-0.1, -0.05) is 0 Å². The van der Waals surface area contributed by atoms with Crippen molar-refractivity contribution >= 4 is 12.4 Å². The van der Waals surface area contributed by atoms with Crippen LogP contribution in [-0.4, -0.2) is 31.8 Å². The standard InChI is InChI=1S/C8H10N6.ClH/c1-9-2-7-3-11-8(12-4-7)14-6-10-5-13-14;/h3-6,9H,2H2,1H3;1H. The predicted octanol–water partition coefficient (Wildman–Crippen LogP) is 0.198. The van der Waals surface area contributed by atoms with E-state index >= 15 is 0 Å². The van der Waals surface area contributed by atoms with Gasteiger partial charge in [0.15, 0.2) is 0 Å². The van der Waals surface area contributed by atoms with Crippen molar-refractivity contribution in [3.8, 4) is 5.95 Å². The highest BCUT2D eigenvalue weighted by Gasteiger charge is 1.99. The zero-order chi connectivity index (χ0) is 9.80. The summed E-state index contributed by atoms with van der Waals surface area (Å²) < 4.78 is 1.52. The molecule has 2 heterocycles. The van der Waals surface area contributed by atoms with Gasteiger partial charge < -0.3 is 5.32 Å². The molecule has 0 atom stereocenters. The average Bonchev–Trinajstić information content (AvgIpc) is 2.72. The Hall–Kier alpha value is -1.53. The van der Waals surface area contributed by atoms with Crippen LogP contribution in [0.4, 0.5) is 0 Å². The molecule has 0 aromatic carbocycles. The van der Waals surface area contributed by atoms with Gasteiger partial charge in [0.1, 0.15) is 12.7 Å². The van der Waals surface area contributed by atoms with E-state index in [4.69, 9.17) is 0 Å². The van der Waals surface area contributed by atoms with Crippen LogP contribution in [0.25, 0.3) is 5.95 Å². The van der Waals surface area contributed by atoms with Gasteiger partial charge in [-0.15, -0.1) is 12.4 Å². The van der Waals surface area contributed by atoms with Crippen LogP contribution < -0.4 is 5.32 Å². The molecule has 0 fully saturated rings. The van der Waals surface area contributed by atoms with Gasteiger partial charge in [0.25, 0.3) is 5.95 Å². The van der Waals surface area contributed by atoms with Crippen LogP contribution >= 0.6 is 12.4 Å². The van der Waals surface area contributed by atoms with Crippen molar-refractivity contribution < 1.29 is 0 Å². The van der Waals surface area contributed by atoms with E-state index in [1.807, 2.05) is 7.05 Å². The Morgan fingerprint density at radius 3 is 2.60 bits per heavy atom. The third-order valence-electron chi connectivity index (χ3n) is 1.70. The second kappa shape index (κ2) is 5.38. The minimum atomic E-state index is 0. The molecular formula is C8H11ClN6. The molecule has 0 bridgehead atoms. The third kappa shape index (κ3) is 2.71. The fourth-order valence-electron chi connectivity index (χ4n) is 1.07. The SMILES string of the molecule is CNCc1cnc(-n2cncn2)nc1.Cl. The lowest BCUT2D eigenvalue weighted by molar-refractivity contribution is 0.774. The largest absolute Gasteiger partial charge is 0.316 e. The highest BCUT2D eigenvalue weighted by Crippen LogP contribution is 1.98. The minimum Gasteiger partial charge on any atom is -0.316 e. The summed E-state index contributed by atoms with van der Waals surface area (Å²) in [7, 11) is 1.88. The molecule has 0 spiro atoms. The summed E-state index contributed by atoms with van der Waals surface area (Å²) in [6.45, 7) is 0.762. The van der Waals surface area contributed by atoms with Crippen molar-refractivity contribution in [3.63, 3.8) is 0 Å². The first-order valence-electron chi connectivity index (χ1n) is 4.20. The first kappa shape index (κ1) is 11.5. The van der Waals surface area contributed by atoms with Crippen LogP contribution in [0.5, 0.6) is 0 Å². The van der Waals surface area contributed by atoms with Crippen LogP contribution in [-0.2, 0) is 6.54 Å². The van der Waals surface area contributed by atoms with Crippen molar-refractivity contribution in [2.45, 2.75) is 6.54 Å². The van der Waals surface area contributed by atoms with Crippen molar-refractivity contribution in [3.05, 3.63) is 30.6 Å². The summed E-state index contributed by atoms with van der Waals surface area (Å²) in [5, 5.41) is 6.95. The average molecular weight is 227 g/mol. The summed E-state index contributed by atoms with van der Waals surface area (Å²) in [5.74, 6) is 0.530. The number of nitrogens with zero attached hydrogens (tertiary/aromatic N) is 5. The van der Waals surface area contributed by atoms with E-state index in [-0.39, 0.29) is 12.4 Å². The zero-order valence-electron chi connectivity index (χ0n) is 8.16. The van der Waals surface area contributed by atoms with E-state index in [0.717, 1.165) is 12.1 Å². The van der Waals surface area contributed by atoms with Gasteiger partial charge in [-0.05, 0) is 7.05 Å². The lowest BCUT2D eigenvalue weighted by atomic mass is 10.3. The third-order valence-corrected chi connectivity index (χ3v) is 1.70. The minimum absolute atomic E-state index is 0. The molecule has 0 aliphatic rings. The van der Waals surface area contributed by atoms with Crippen LogP contribution in [0.15, 0.2) is 25.0 Å². The van der Waals surface area contributed by atoms with Crippen LogP contribution in [0.3, 0.4) is 0 Å². The van der Waals surface area contributed by atoms with Crippen LogP contribution in [0.2, 0.25) is 0 Å². The Labute approximate surface area is 93.2 Å². The van der Waals surface area contributed by atoms with Gasteiger partial charge in [-0.25, -0.2) is 15.0 Å². The van der Waals surface area contributed by atoms with E-state index in [9.17, 15) is 0 Å². The summed E-state index contributed by atoms with van der Waals surface area (Å²) in [5.41, 5.74) is 1.04. The van der Waals surface area contributed by atoms with Crippen LogP contribution in [0.1, 0.15) is 5.56 Å². The Bertz CT molecular complexity index is 384. The van der Waals surface area contributed by atoms with Gasteiger partial charge >= 0.3 is 0 Å². The molecule has 0 radical (unpaired) electrons. The number of nitrogens with one attached hydrogen (secondary N) is 1. The molecule has 2 rings (SSSR count). The van der Waals surface area contributed by atoms with Gasteiger partial charge in [-0.2, -0.15) is 9.78 Å². The molecule has 1 N–H and O–H groups in total. The highest BCUT2D eigenvalue weighted by molar-refractivity contribution is 5.85. The van der Waals surface area contributed by atoms with Gasteiger partial charge in [0.2, 0.25) is 0 Å². The second-order valence-corrected chi connectivity index (χ2v) is 2.76. The number of hydrogen-bond donors (Lipinski definition) is 1. The van der Waals surface area contributed by atoms with E-state index < -0.39 is 0 Å². The molecular weight excluding hydrogens is 216 g/mol. The Balaban J connectivity index is 0.00000112. The van der Waals surface area contributed by atoms with Crippen molar-refractivity contribution in [2.24, 2.45) is 0 Å². The first-order valence-corrected chi connectivity index (χ1v) is 4.20. The molecule has 0 aliphatic heterocycles. The van der Waals surface area contributed by atoms with Crippen LogP contribution in [0, 0.1) is 0 Å². The summed E-state index contributed by atoms with van der Waals surface area (Å²) in [6, 6.07) is 0. The maximum atomic E-state index is 4.15. The number of hydrogen-bond acceptors (Lipinski definition) is 5. The van der Waals surface area contributed by atoms with E-state index in [1.54, 1.807) is 18.7 Å². The van der Waals surface area contributed by atoms with Gasteiger partial charge in [0, 0.05) is 24.5 Å². The van der Waals surface area contributed by atoms with Crippen molar-refractivity contribution in [1.29, 1.82) is 0 Å². The fourth-order valence-corrected chi connectivity index (χ4v) is 1.07. The molecule has 0 aliphatic carbocycles. The fraction of sp³-hybridized carbons (Fsp3) is 0.250. The van der Waals surface area contributed by atoms with E-state index in [0.29, 0.717) is 5.95 Å². The zero-order valence-corrected chi connectivity index (χ0v) is 8.98. The lowest BCUT2D eigenvalue weighted by Gasteiger charge is -2.00. The molecule has 2 aromatic rings. The molecule has 2 aromatic heterocycles. The smallest absolute Gasteiger partial charge is 0.251 e. The summed E-state index contributed by atoms with van der Waals surface area (Å²) in [4.78, 5) is 12.1. The topological polar surface area (TPSA) is 68.5 Å². The quantitative estimate of drug-likeness (QED) is 0.810. The number of halogens is 1. The molecule has 80 valence electrons. The van der Waals surface area contributed by atoms with E-state index in [2.05, 4.69) is 25.4 Å². The lowest BCUT2D eigenvalue weighted by Crippen LogP contribution is -2.07. The number of rotatable bonds is 3. The molecule has 0 saturated carbocycles. The maximum Gasteiger partial charge on any atom is 0.251 e. The second-order valence-electron chi connectivity index (χ2n) is 2.76. The van der Waals surface area contributed by atoms with Gasteiger partial charge in [-0.3, -0.25) is 0 Å². The van der Waals surface area contributed by atoms with Crippen molar-refractivity contribution in [1.82, 2.24) is 30.0 Å². The van der Waals surface area contributed by atoms with E-state index in [1.165, 1.54) is 11.0 Å². The first-order chi connectivity index (χ1) is 6.90. The summed E-state index contributed by atoms with van der Waals surface area (Å²) in [6.07, 6.45) is 6.54. The van der Waals surface area contributed by atoms with Crippen molar-refractivity contribution in [2.75, 3.05) is 7.05 Å². The molecule has 7 heteroatoms. The molecule has 6 nitrogen and oxygen atoms in total. The molecule has 0 amide bonds. The monoisotopic (exact) mass is 226 g/mol. The highest BCUT2D eigenvalue weighted by atomic mass is 35.5. The molecule has 0 unspecified atom stereocenters.